The zero-order chi connectivity index (χ0) is 20.9. The van der Waals surface area contributed by atoms with Gasteiger partial charge in [0.05, 0.1) is 13.3 Å². The molecule has 0 bridgehead atoms. The molecular formula is C17H15F3N3O4S-. The third-order valence-corrected chi connectivity index (χ3v) is 4.17. The van der Waals surface area contributed by atoms with Gasteiger partial charge in [0.1, 0.15) is 12.4 Å². The van der Waals surface area contributed by atoms with E-state index in [1.54, 1.807) is 0 Å². The number of aromatic hydroxyl groups is 1. The van der Waals surface area contributed by atoms with E-state index in [2.05, 4.69) is 5.10 Å². The SMILES string of the molecule is COc1cc(C=NN(CC(F)(F)F)C(=N)c2ccccc2S(=O)[O-])ccc1O. The van der Waals surface area contributed by atoms with Crippen molar-refractivity contribution < 1.29 is 31.8 Å². The summed E-state index contributed by atoms with van der Waals surface area (Å²) >= 11 is -2.74. The molecule has 2 N–H and O–H groups in total. The van der Waals surface area contributed by atoms with Crippen LogP contribution in [0.5, 0.6) is 11.5 Å². The van der Waals surface area contributed by atoms with Gasteiger partial charge < -0.3 is 14.4 Å². The van der Waals surface area contributed by atoms with Crippen molar-refractivity contribution in [1.82, 2.24) is 5.01 Å². The smallest absolute Gasteiger partial charge is 0.408 e. The van der Waals surface area contributed by atoms with E-state index < -0.39 is 29.6 Å². The third kappa shape index (κ3) is 5.54. The van der Waals surface area contributed by atoms with Gasteiger partial charge in [-0.15, -0.1) is 0 Å². The summed E-state index contributed by atoms with van der Waals surface area (Å²) in [7, 11) is 1.31. The van der Waals surface area contributed by atoms with Crippen LogP contribution in [-0.4, -0.2) is 50.8 Å². The first-order chi connectivity index (χ1) is 13.1. The Hall–Kier alpha value is -2.92. The Morgan fingerprint density at radius 2 is 2.04 bits per heavy atom. The number of hydrogen-bond acceptors (Lipinski definition) is 6. The predicted molar refractivity (Wildman–Crippen MR) is 95.5 cm³/mol. The molecule has 11 heteroatoms. The van der Waals surface area contributed by atoms with Crippen LogP contribution in [0, 0.1) is 5.41 Å². The van der Waals surface area contributed by atoms with Crippen LogP contribution in [0.25, 0.3) is 0 Å². The summed E-state index contributed by atoms with van der Waals surface area (Å²) < 4.78 is 66.4. The van der Waals surface area contributed by atoms with Crippen LogP contribution in [0.3, 0.4) is 0 Å². The van der Waals surface area contributed by atoms with Crippen LogP contribution in [0.2, 0.25) is 0 Å². The normalized spacial score (nSPS) is 12.8. The third-order valence-electron chi connectivity index (χ3n) is 3.46. The quantitative estimate of drug-likeness (QED) is 0.327. The van der Waals surface area contributed by atoms with Gasteiger partial charge >= 0.3 is 6.18 Å². The summed E-state index contributed by atoms with van der Waals surface area (Å²) in [5.74, 6) is -0.806. The number of phenolic OH excluding ortho intramolecular Hbond substituents is 1. The van der Waals surface area contributed by atoms with E-state index in [0.717, 1.165) is 6.21 Å². The number of nitrogens with one attached hydrogen (secondary N) is 1. The zero-order valence-electron chi connectivity index (χ0n) is 14.4. The van der Waals surface area contributed by atoms with E-state index in [9.17, 15) is 27.0 Å². The highest BCUT2D eigenvalue weighted by Crippen LogP contribution is 2.26. The molecule has 0 amide bonds. The van der Waals surface area contributed by atoms with Crippen molar-refractivity contribution in [3.63, 3.8) is 0 Å². The van der Waals surface area contributed by atoms with Crippen LogP contribution in [0.15, 0.2) is 52.5 Å². The highest BCUT2D eigenvalue weighted by atomic mass is 32.2. The number of hydrogen-bond donors (Lipinski definition) is 2. The van der Waals surface area contributed by atoms with Gasteiger partial charge in [-0.3, -0.25) is 9.62 Å². The monoisotopic (exact) mass is 414 g/mol. The number of amidine groups is 1. The highest BCUT2D eigenvalue weighted by molar-refractivity contribution is 7.79. The summed E-state index contributed by atoms with van der Waals surface area (Å²) in [6.07, 6.45) is -3.65. The van der Waals surface area contributed by atoms with Gasteiger partial charge in [0, 0.05) is 10.5 Å². The van der Waals surface area contributed by atoms with Crippen LogP contribution in [-0.2, 0) is 11.1 Å². The first kappa shape index (κ1) is 21.4. The molecule has 0 radical (unpaired) electrons. The first-order valence-electron chi connectivity index (χ1n) is 7.65. The van der Waals surface area contributed by atoms with Crippen LogP contribution in [0.1, 0.15) is 11.1 Å². The van der Waals surface area contributed by atoms with Gasteiger partial charge in [-0.1, -0.05) is 18.2 Å². The fourth-order valence-corrected chi connectivity index (χ4v) is 2.74. The first-order valence-corrected chi connectivity index (χ1v) is 8.72. The van der Waals surface area contributed by atoms with Crippen molar-refractivity contribution in [1.29, 1.82) is 5.41 Å². The Kier molecular flexibility index (Phi) is 6.75. The summed E-state index contributed by atoms with van der Waals surface area (Å²) in [6.45, 7) is -1.60. The number of nitrogens with zero attached hydrogens (tertiary/aromatic N) is 2. The molecule has 1 atom stereocenters. The molecule has 0 aliphatic heterocycles. The lowest BCUT2D eigenvalue weighted by molar-refractivity contribution is -0.137. The van der Waals surface area contributed by atoms with E-state index in [-0.39, 0.29) is 22.0 Å². The van der Waals surface area contributed by atoms with Crippen LogP contribution < -0.4 is 4.74 Å². The molecule has 0 spiro atoms. The Morgan fingerprint density at radius 1 is 1.36 bits per heavy atom. The molecule has 28 heavy (non-hydrogen) atoms. The number of benzene rings is 2. The Morgan fingerprint density at radius 3 is 2.64 bits per heavy atom. The lowest BCUT2D eigenvalue weighted by Gasteiger charge is -2.23. The van der Waals surface area contributed by atoms with Crippen molar-refractivity contribution in [2.75, 3.05) is 13.7 Å². The lowest BCUT2D eigenvalue weighted by atomic mass is 10.2. The van der Waals surface area contributed by atoms with E-state index in [1.807, 2.05) is 0 Å². The number of alkyl halides is 3. The van der Waals surface area contributed by atoms with Gasteiger partial charge in [0.25, 0.3) is 0 Å². The van der Waals surface area contributed by atoms with Gasteiger partial charge in [-0.2, -0.15) is 18.3 Å². The number of hydrazone groups is 1. The number of rotatable bonds is 6. The minimum atomic E-state index is -4.69. The van der Waals surface area contributed by atoms with E-state index in [1.165, 1.54) is 49.6 Å². The van der Waals surface area contributed by atoms with Gasteiger partial charge in [0.15, 0.2) is 11.5 Å². The second-order valence-electron chi connectivity index (χ2n) is 5.43. The zero-order valence-corrected chi connectivity index (χ0v) is 15.3. The van der Waals surface area contributed by atoms with Crippen molar-refractivity contribution in [3.8, 4) is 11.5 Å². The molecular weight excluding hydrogens is 399 g/mol. The summed E-state index contributed by atoms with van der Waals surface area (Å²) in [4.78, 5) is -0.318. The maximum atomic E-state index is 13.0. The Bertz CT molecular complexity index is 919. The number of phenols is 1. The molecule has 7 nitrogen and oxygen atoms in total. The molecule has 0 aromatic heterocycles. The predicted octanol–water partition coefficient (Wildman–Crippen LogP) is 2.86. The van der Waals surface area contributed by atoms with Crippen molar-refractivity contribution in [2.45, 2.75) is 11.1 Å². The molecule has 0 saturated carbocycles. The average molecular weight is 414 g/mol. The van der Waals surface area contributed by atoms with Crippen LogP contribution in [0.4, 0.5) is 13.2 Å². The molecule has 0 saturated heterocycles. The fourth-order valence-electron chi connectivity index (χ4n) is 2.20. The van der Waals surface area contributed by atoms with E-state index >= 15 is 0 Å². The number of methoxy groups -OCH3 is 1. The Labute approximate surface area is 160 Å². The van der Waals surface area contributed by atoms with E-state index in [0.29, 0.717) is 10.6 Å². The molecule has 0 heterocycles. The van der Waals surface area contributed by atoms with Gasteiger partial charge in [0.2, 0.25) is 0 Å². The summed E-state index contributed by atoms with van der Waals surface area (Å²) in [5.41, 5.74) is 0.0795. The molecule has 0 aliphatic carbocycles. The molecule has 150 valence electrons. The highest BCUT2D eigenvalue weighted by Gasteiger charge is 2.33. The average Bonchev–Trinajstić information content (AvgIpc) is 2.64. The minimum absolute atomic E-state index is 0.0912. The van der Waals surface area contributed by atoms with Crippen molar-refractivity contribution >= 4 is 23.1 Å². The Balaban J connectivity index is 2.40. The summed E-state index contributed by atoms with van der Waals surface area (Å²) in [6, 6.07) is 9.19. The molecule has 0 aliphatic rings. The fraction of sp³-hybridized carbons (Fsp3) is 0.176. The molecule has 2 aromatic rings. The van der Waals surface area contributed by atoms with Crippen LogP contribution >= 0.6 is 0 Å². The lowest BCUT2D eigenvalue weighted by Crippen LogP contribution is -2.35. The summed E-state index contributed by atoms with van der Waals surface area (Å²) in [5, 5.41) is 21.6. The van der Waals surface area contributed by atoms with Gasteiger partial charge in [-0.25, -0.2) is 5.01 Å². The van der Waals surface area contributed by atoms with Crippen molar-refractivity contribution in [2.24, 2.45) is 5.10 Å². The second kappa shape index (κ2) is 8.85. The standard InChI is InChI=1S/C17H16F3N3O4S/c1-27-14-8-11(6-7-13(14)24)9-22-23(10-17(18,19)20)16(21)12-4-2-3-5-15(12)28(25)26/h2-9,21,24H,10H2,1H3,(H,25,26)/p-1. The van der Waals surface area contributed by atoms with Gasteiger partial charge in [-0.05, 0) is 40.9 Å². The molecule has 2 rings (SSSR count). The molecule has 1 unspecified atom stereocenters. The second-order valence-corrected chi connectivity index (χ2v) is 6.34. The molecule has 2 aromatic carbocycles. The maximum Gasteiger partial charge on any atom is 0.408 e. The minimum Gasteiger partial charge on any atom is -0.768 e. The number of ether oxygens (including phenoxy) is 1. The van der Waals surface area contributed by atoms with E-state index in [4.69, 9.17) is 10.1 Å². The largest absolute Gasteiger partial charge is 0.768 e. The van der Waals surface area contributed by atoms with Crippen molar-refractivity contribution in [3.05, 3.63) is 53.6 Å². The topological polar surface area (TPSA) is 109 Å². The maximum absolute atomic E-state index is 13.0. The molecule has 0 fully saturated rings. The number of halogens is 3.